The van der Waals surface area contributed by atoms with Crippen LogP contribution in [0.4, 0.5) is 30.7 Å². The molecule has 1 aromatic carbocycles. The zero-order chi connectivity index (χ0) is 13.4. The number of benzene rings is 1. The Hall–Kier alpha value is -1.47. The van der Waals surface area contributed by atoms with E-state index in [2.05, 4.69) is 4.74 Å². The second kappa shape index (κ2) is 4.42. The minimum Gasteiger partial charge on any atom is -0.488 e. The summed E-state index contributed by atoms with van der Waals surface area (Å²) in [6, 6.07) is 0. The maximum Gasteiger partial charge on any atom is 0.422 e. The maximum atomic E-state index is 13.0. The molecule has 0 saturated carbocycles. The Balaban J connectivity index is 3.59. The molecule has 0 fully saturated rings. The Labute approximate surface area is 90.8 Å². The molecule has 0 aliphatic rings. The van der Waals surface area contributed by atoms with Gasteiger partial charge < -0.3 is 4.74 Å². The van der Waals surface area contributed by atoms with E-state index in [1.54, 1.807) is 0 Å². The lowest BCUT2D eigenvalue weighted by molar-refractivity contribution is -0.143. The highest BCUT2D eigenvalue weighted by Gasteiger charge is 2.42. The van der Waals surface area contributed by atoms with Gasteiger partial charge in [0.15, 0.2) is 17.4 Å². The van der Waals surface area contributed by atoms with Crippen LogP contribution in [-0.2, 0) is 6.18 Å². The topological polar surface area (TPSA) is 9.23 Å². The van der Waals surface area contributed by atoms with Gasteiger partial charge in [0.05, 0.1) is 6.61 Å². The fourth-order valence-corrected chi connectivity index (χ4v) is 1.13. The lowest BCUT2D eigenvalue weighted by atomic mass is 10.1. The summed E-state index contributed by atoms with van der Waals surface area (Å²) in [5.41, 5.74) is -2.61. The lowest BCUT2D eigenvalue weighted by Crippen LogP contribution is -2.16. The standard InChI is InChI=1S/C9H5F7O/c1-2-17-8-6(12)4(10)3(9(14,15)16)5(11)7(8)13/h2H2,1H3. The van der Waals surface area contributed by atoms with Gasteiger partial charge >= 0.3 is 6.18 Å². The predicted octanol–water partition coefficient (Wildman–Crippen LogP) is 3.66. The second-order valence-corrected chi connectivity index (χ2v) is 2.89. The third kappa shape index (κ3) is 2.29. The van der Waals surface area contributed by atoms with Crippen molar-refractivity contribution in [3.63, 3.8) is 0 Å². The van der Waals surface area contributed by atoms with Crippen LogP contribution in [0.1, 0.15) is 12.5 Å². The molecule has 0 N–H and O–H groups in total. The van der Waals surface area contributed by atoms with Gasteiger partial charge in [0, 0.05) is 0 Å². The largest absolute Gasteiger partial charge is 0.488 e. The molecule has 0 unspecified atom stereocenters. The summed E-state index contributed by atoms with van der Waals surface area (Å²) in [7, 11) is 0. The van der Waals surface area contributed by atoms with E-state index in [1.807, 2.05) is 0 Å². The van der Waals surface area contributed by atoms with Gasteiger partial charge in [-0.05, 0) is 6.92 Å². The fraction of sp³-hybridized carbons (Fsp3) is 0.333. The molecular weight excluding hydrogens is 257 g/mol. The van der Waals surface area contributed by atoms with E-state index in [4.69, 9.17) is 0 Å². The molecule has 17 heavy (non-hydrogen) atoms. The SMILES string of the molecule is CCOc1c(F)c(F)c(C(F)(F)F)c(F)c1F. The molecule has 1 nitrogen and oxygen atoms in total. The highest BCUT2D eigenvalue weighted by atomic mass is 19.4. The third-order valence-corrected chi connectivity index (χ3v) is 1.80. The number of hydrogen-bond acceptors (Lipinski definition) is 1. The van der Waals surface area contributed by atoms with Gasteiger partial charge in [0.2, 0.25) is 11.6 Å². The summed E-state index contributed by atoms with van der Waals surface area (Å²) in [6.45, 7) is 0.879. The molecule has 0 radical (unpaired) electrons. The average Bonchev–Trinajstić information content (AvgIpc) is 2.20. The Kier molecular flexibility index (Phi) is 3.53. The van der Waals surface area contributed by atoms with Crippen LogP contribution in [-0.4, -0.2) is 6.61 Å². The van der Waals surface area contributed by atoms with Gasteiger partial charge in [0.25, 0.3) is 0 Å². The first-order valence-corrected chi connectivity index (χ1v) is 4.27. The minimum atomic E-state index is -5.54. The van der Waals surface area contributed by atoms with Crippen LogP contribution in [0, 0.1) is 23.3 Å². The van der Waals surface area contributed by atoms with Gasteiger partial charge in [-0.1, -0.05) is 0 Å². The summed E-state index contributed by atoms with van der Waals surface area (Å²) in [6.07, 6.45) is -5.54. The summed E-state index contributed by atoms with van der Waals surface area (Å²) >= 11 is 0. The van der Waals surface area contributed by atoms with Crippen molar-refractivity contribution >= 4 is 0 Å². The van der Waals surface area contributed by atoms with Crippen LogP contribution in [0.15, 0.2) is 0 Å². The predicted molar refractivity (Wildman–Crippen MR) is 42.4 cm³/mol. The van der Waals surface area contributed by atoms with Crippen molar-refractivity contribution in [2.45, 2.75) is 13.1 Å². The van der Waals surface area contributed by atoms with E-state index >= 15 is 0 Å². The Morgan fingerprint density at radius 3 is 1.59 bits per heavy atom. The van der Waals surface area contributed by atoms with E-state index < -0.39 is 40.8 Å². The van der Waals surface area contributed by atoms with Crippen molar-refractivity contribution < 1.29 is 35.5 Å². The molecule has 96 valence electrons. The van der Waals surface area contributed by atoms with E-state index in [-0.39, 0.29) is 6.61 Å². The first-order chi connectivity index (χ1) is 7.71. The fourth-order valence-electron chi connectivity index (χ4n) is 1.13. The van der Waals surface area contributed by atoms with Gasteiger partial charge in [-0.25, -0.2) is 8.78 Å². The molecule has 8 heteroatoms. The first-order valence-electron chi connectivity index (χ1n) is 4.27. The average molecular weight is 262 g/mol. The minimum absolute atomic E-state index is 0.363. The van der Waals surface area contributed by atoms with Crippen LogP contribution in [0.25, 0.3) is 0 Å². The number of alkyl halides is 3. The maximum absolute atomic E-state index is 13.0. The van der Waals surface area contributed by atoms with Gasteiger partial charge in [-0.15, -0.1) is 0 Å². The highest BCUT2D eigenvalue weighted by molar-refractivity contribution is 5.35. The lowest BCUT2D eigenvalue weighted by Gasteiger charge is -2.13. The van der Waals surface area contributed by atoms with Crippen LogP contribution in [0.5, 0.6) is 5.75 Å². The molecule has 0 aliphatic heterocycles. The van der Waals surface area contributed by atoms with Crippen molar-refractivity contribution in [2.24, 2.45) is 0 Å². The molecule has 0 amide bonds. The van der Waals surface area contributed by atoms with Gasteiger partial charge in [0.1, 0.15) is 5.56 Å². The quantitative estimate of drug-likeness (QED) is 0.583. The number of rotatable bonds is 2. The van der Waals surface area contributed by atoms with Gasteiger partial charge in [-0.2, -0.15) is 22.0 Å². The van der Waals surface area contributed by atoms with E-state index in [9.17, 15) is 30.7 Å². The number of ether oxygens (including phenoxy) is 1. The molecule has 0 aromatic heterocycles. The third-order valence-electron chi connectivity index (χ3n) is 1.80. The Morgan fingerprint density at radius 1 is 0.882 bits per heavy atom. The van der Waals surface area contributed by atoms with Crippen LogP contribution >= 0.6 is 0 Å². The van der Waals surface area contributed by atoms with Crippen LogP contribution < -0.4 is 4.74 Å². The van der Waals surface area contributed by atoms with Crippen molar-refractivity contribution in [1.82, 2.24) is 0 Å². The number of halogens is 7. The normalized spacial score (nSPS) is 11.8. The Bertz CT molecular complexity index is 409. The molecule has 1 aromatic rings. The molecule has 0 saturated heterocycles. The van der Waals surface area contributed by atoms with Crippen molar-refractivity contribution in [3.05, 3.63) is 28.8 Å². The number of hydrogen-bond donors (Lipinski definition) is 0. The van der Waals surface area contributed by atoms with Crippen molar-refractivity contribution in [2.75, 3.05) is 6.61 Å². The summed E-state index contributed by atoms with van der Waals surface area (Å²) in [5, 5.41) is 0. The second-order valence-electron chi connectivity index (χ2n) is 2.89. The monoisotopic (exact) mass is 262 g/mol. The summed E-state index contributed by atoms with van der Waals surface area (Å²) in [4.78, 5) is 0. The highest BCUT2D eigenvalue weighted by Crippen LogP contribution is 2.39. The van der Waals surface area contributed by atoms with E-state index in [0.29, 0.717) is 0 Å². The summed E-state index contributed by atoms with van der Waals surface area (Å²) in [5.74, 6) is -11.0. The molecule has 0 heterocycles. The van der Waals surface area contributed by atoms with Crippen LogP contribution in [0.2, 0.25) is 0 Å². The van der Waals surface area contributed by atoms with Crippen LogP contribution in [0.3, 0.4) is 0 Å². The molecule has 0 spiro atoms. The van der Waals surface area contributed by atoms with E-state index in [0.717, 1.165) is 0 Å². The smallest absolute Gasteiger partial charge is 0.422 e. The molecule has 1 rings (SSSR count). The molecule has 0 aliphatic carbocycles. The first kappa shape index (κ1) is 13.6. The molecule has 0 atom stereocenters. The molecule has 0 bridgehead atoms. The Morgan fingerprint density at radius 2 is 1.29 bits per heavy atom. The van der Waals surface area contributed by atoms with Crippen molar-refractivity contribution in [3.8, 4) is 5.75 Å². The van der Waals surface area contributed by atoms with E-state index in [1.165, 1.54) is 6.92 Å². The van der Waals surface area contributed by atoms with Crippen molar-refractivity contribution in [1.29, 1.82) is 0 Å². The summed E-state index contributed by atoms with van der Waals surface area (Å²) < 4.78 is 92.5. The zero-order valence-electron chi connectivity index (χ0n) is 8.26. The zero-order valence-corrected chi connectivity index (χ0v) is 8.26. The van der Waals surface area contributed by atoms with Gasteiger partial charge in [-0.3, -0.25) is 0 Å². The molecular formula is C9H5F7O.